The molecule has 0 amide bonds. The second kappa shape index (κ2) is 4.76. The highest BCUT2D eigenvalue weighted by molar-refractivity contribution is 6.36. The second-order valence-corrected chi connectivity index (χ2v) is 4.57. The minimum Gasteiger partial charge on any atom is -0.226 e. The van der Waals surface area contributed by atoms with Gasteiger partial charge in [0.05, 0.1) is 0 Å². The molecule has 0 fully saturated rings. The Morgan fingerprint density at radius 3 is 2.06 bits per heavy atom. The quantitative estimate of drug-likeness (QED) is 0.560. The predicted octanol–water partition coefficient (Wildman–Crippen LogP) is 4.76. The van der Waals surface area contributed by atoms with Crippen LogP contribution in [-0.4, -0.2) is 9.97 Å². The molecule has 1 aromatic heterocycles. The van der Waals surface area contributed by atoms with Gasteiger partial charge in [-0.15, -0.1) is 0 Å². The van der Waals surface area contributed by atoms with Gasteiger partial charge in [0.15, 0.2) is 0 Å². The summed E-state index contributed by atoms with van der Waals surface area (Å²) in [5, 5.41) is 1.40. The van der Waals surface area contributed by atoms with Gasteiger partial charge in [-0.1, -0.05) is 34.8 Å². The number of benzene rings is 1. The van der Waals surface area contributed by atoms with Gasteiger partial charge in [-0.25, -0.2) is 9.97 Å². The van der Waals surface area contributed by atoms with Crippen molar-refractivity contribution in [3.05, 3.63) is 44.9 Å². The molecule has 0 N–H and O–H groups in total. The molecule has 0 saturated heterocycles. The van der Waals surface area contributed by atoms with E-state index in [0.29, 0.717) is 15.6 Å². The molecule has 0 aliphatic carbocycles. The van der Waals surface area contributed by atoms with E-state index < -0.39 is 0 Å². The molecule has 1 aromatic carbocycles. The molecule has 6 heteroatoms. The van der Waals surface area contributed by atoms with Crippen molar-refractivity contribution in [1.29, 1.82) is 0 Å². The van der Waals surface area contributed by atoms with Gasteiger partial charge in [-0.2, -0.15) is 0 Å². The monoisotopic (exact) mass is 292 g/mol. The van der Waals surface area contributed by atoms with Crippen LogP contribution in [-0.2, 0) is 0 Å². The zero-order valence-electron chi connectivity index (χ0n) is 7.72. The van der Waals surface area contributed by atoms with Gasteiger partial charge in [-0.05, 0) is 35.4 Å². The van der Waals surface area contributed by atoms with Crippen LogP contribution in [0.3, 0.4) is 0 Å². The van der Waals surface area contributed by atoms with Gasteiger partial charge in [0.2, 0.25) is 5.28 Å². The van der Waals surface area contributed by atoms with E-state index in [-0.39, 0.29) is 10.4 Å². The lowest BCUT2D eigenvalue weighted by molar-refractivity contribution is 1.17. The van der Waals surface area contributed by atoms with E-state index in [1.165, 1.54) is 6.20 Å². The van der Waals surface area contributed by atoms with Gasteiger partial charge < -0.3 is 0 Å². The number of halogens is 4. The molecule has 0 bridgehead atoms. The lowest BCUT2D eigenvalue weighted by Crippen LogP contribution is -1.87. The summed E-state index contributed by atoms with van der Waals surface area (Å²) in [4.78, 5) is 7.70. The fourth-order valence-electron chi connectivity index (χ4n) is 1.24. The van der Waals surface area contributed by atoms with Crippen molar-refractivity contribution in [2.75, 3.05) is 0 Å². The van der Waals surface area contributed by atoms with E-state index in [0.717, 1.165) is 5.56 Å². The number of rotatable bonds is 1. The molecule has 1 heterocycles. The molecule has 0 aliphatic heterocycles. The predicted molar refractivity (Wildman–Crippen MR) is 67.5 cm³/mol. The highest BCUT2D eigenvalue weighted by Gasteiger charge is 2.08. The van der Waals surface area contributed by atoms with E-state index in [1.54, 1.807) is 18.2 Å². The summed E-state index contributed by atoms with van der Waals surface area (Å²) in [7, 11) is 0. The van der Waals surface area contributed by atoms with Gasteiger partial charge >= 0.3 is 0 Å². The van der Waals surface area contributed by atoms with Crippen molar-refractivity contribution in [2.24, 2.45) is 0 Å². The Morgan fingerprint density at radius 1 is 0.875 bits per heavy atom. The minimum atomic E-state index is 0.0990. The molecule has 2 rings (SSSR count). The first-order valence-electron chi connectivity index (χ1n) is 4.21. The van der Waals surface area contributed by atoms with Crippen molar-refractivity contribution in [3.63, 3.8) is 0 Å². The van der Waals surface area contributed by atoms with Crippen molar-refractivity contribution in [3.8, 4) is 11.1 Å². The van der Waals surface area contributed by atoms with Gasteiger partial charge in [-0.3, -0.25) is 0 Å². The maximum Gasteiger partial charge on any atom is 0.223 e. The fourth-order valence-corrected chi connectivity index (χ4v) is 2.18. The maximum atomic E-state index is 5.95. The molecule has 0 aliphatic rings. The first-order valence-corrected chi connectivity index (χ1v) is 5.72. The highest BCUT2D eigenvalue weighted by Crippen LogP contribution is 2.30. The average Bonchev–Trinajstić information content (AvgIpc) is 2.15. The zero-order chi connectivity index (χ0) is 11.7. The largest absolute Gasteiger partial charge is 0.226 e. The van der Waals surface area contributed by atoms with E-state index in [1.807, 2.05) is 0 Å². The SMILES string of the molecule is Clc1cc(Cl)cc(-c2cnc(Cl)nc2Cl)c1. The van der Waals surface area contributed by atoms with Crippen LogP contribution in [0.1, 0.15) is 0 Å². The molecular weight excluding hydrogens is 290 g/mol. The summed E-state index contributed by atoms with van der Waals surface area (Å²) in [6.45, 7) is 0. The Morgan fingerprint density at radius 2 is 1.50 bits per heavy atom. The molecule has 16 heavy (non-hydrogen) atoms. The molecule has 82 valence electrons. The van der Waals surface area contributed by atoms with Crippen molar-refractivity contribution in [2.45, 2.75) is 0 Å². The molecule has 0 atom stereocenters. The Labute approximate surface area is 112 Å². The van der Waals surface area contributed by atoms with Crippen molar-refractivity contribution >= 4 is 46.4 Å². The zero-order valence-corrected chi connectivity index (χ0v) is 10.7. The third-order valence-electron chi connectivity index (χ3n) is 1.89. The molecule has 0 saturated carbocycles. The fraction of sp³-hybridized carbons (Fsp3) is 0. The summed E-state index contributed by atoms with van der Waals surface area (Å²) in [6.07, 6.45) is 1.53. The summed E-state index contributed by atoms with van der Waals surface area (Å²) >= 11 is 23.3. The van der Waals surface area contributed by atoms with E-state index >= 15 is 0 Å². The summed E-state index contributed by atoms with van der Waals surface area (Å²) in [5.41, 5.74) is 1.38. The maximum absolute atomic E-state index is 5.95. The topological polar surface area (TPSA) is 25.8 Å². The molecule has 2 aromatic rings. The Kier molecular flexibility index (Phi) is 3.55. The number of hydrogen-bond acceptors (Lipinski definition) is 2. The summed E-state index contributed by atoms with van der Waals surface area (Å²) in [6, 6.07) is 5.09. The average molecular weight is 294 g/mol. The first-order chi connectivity index (χ1) is 7.56. The van der Waals surface area contributed by atoms with Crippen LogP contribution in [0.5, 0.6) is 0 Å². The van der Waals surface area contributed by atoms with E-state index in [2.05, 4.69) is 9.97 Å². The molecule has 0 spiro atoms. The summed E-state index contributed by atoms with van der Waals surface area (Å²) < 4.78 is 0. The van der Waals surface area contributed by atoms with Crippen LogP contribution in [0.2, 0.25) is 20.5 Å². The Hall–Kier alpha value is -0.540. The highest BCUT2D eigenvalue weighted by atomic mass is 35.5. The number of aromatic nitrogens is 2. The van der Waals surface area contributed by atoms with Crippen LogP contribution < -0.4 is 0 Å². The van der Waals surface area contributed by atoms with Crippen LogP contribution in [0.15, 0.2) is 24.4 Å². The molecular formula is C10H4Cl4N2. The van der Waals surface area contributed by atoms with Gasteiger partial charge in [0.25, 0.3) is 0 Å². The van der Waals surface area contributed by atoms with E-state index in [4.69, 9.17) is 46.4 Å². The second-order valence-electron chi connectivity index (χ2n) is 3.00. The smallest absolute Gasteiger partial charge is 0.223 e. The van der Waals surface area contributed by atoms with Crippen LogP contribution >= 0.6 is 46.4 Å². The third kappa shape index (κ3) is 2.58. The minimum absolute atomic E-state index is 0.0990. The van der Waals surface area contributed by atoms with Crippen molar-refractivity contribution < 1.29 is 0 Å². The standard InChI is InChI=1S/C10H4Cl4N2/c11-6-1-5(2-7(12)3-6)8-4-15-10(14)16-9(8)13/h1-4H. The Balaban J connectivity index is 2.58. The third-order valence-corrected chi connectivity index (χ3v) is 2.79. The molecule has 0 unspecified atom stereocenters. The lowest BCUT2D eigenvalue weighted by Gasteiger charge is -2.04. The molecule has 0 radical (unpaired) electrons. The van der Waals surface area contributed by atoms with Crippen LogP contribution in [0.25, 0.3) is 11.1 Å². The Bertz CT molecular complexity index is 522. The van der Waals surface area contributed by atoms with Crippen LogP contribution in [0.4, 0.5) is 0 Å². The normalized spacial score (nSPS) is 10.5. The van der Waals surface area contributed by atoms with Crippen LogP contribution in [0, 0.1) is 0 Å². The molecule has 2 nitrogen and oxygen atoms in total. The first kappa shape index (κ1) is 11.9. The number of nitrogens with zero attached hydrogens (tertiary/aromatic N) is 2. The van der Waals surface area contributed by atoms with Gasteiger partial charge in [0, 0.05) is 21.8 Å². The number of hydrogen-bond donors (Lipinski definition) is 0. The van der Waals surface area contributed by atoms with Crippen molar-refractivity contribution in [1.82, 2.24) is 9.97 Å². The summed E-state index contributed by atoms with van der Waals surface area (Å²) in [5.74, 6) is 0. The van der Waals surface area contributed by atoms with E-state index in [9.17, 15) is 0 Å². The van der Waals surface area contributed by atoms with Gasteiger partial charge in [0.1, 0.15) is 5.15 Å². The lowest BCUT2D eigenvalue weighted by atomic mass is 10.1.